The predicted molar refractivity (Wildman–Crippen MR) is 65.3 cm³/mol. The number of benzene rings is 2. The maximum atomic E-state index is 13.4. The molecule has 2 aromatic carbocycles. The molecule has 0 spiro atoms. The molecule has 7 heteroatoms. The molecule has 0 aliphatic heterocycles. The van der Waals surface area contributed by atoms with E-state index < -0.39 is 32.5 Å². The van der Waals surface area contributed by atoms with Gasteiger partial charge in [0, 0.05) is 12.1 Å². The van der Waals surface area contributed by atoms with Crippen LogP contribution in [0.15, 0.2) is 41.3 Å². The van der Waals surface area contributed by atoms with Crippen molar-refractivity contribution in [1.82, 2.24) is 0 Å². The van der Waals surface area contributed by atoms with Crippen LogP contribution in [-0.4, -0.2) is 8.42 Å². The Bertz CT molecular complexity index is 740. The minimum absolute atomic E-state index is 0.0558. The van der Waals surface area contributed by atoms with Crippen molar-refractivity contribution in [3.05, 3.63) is 59.4 Å². The summed E-state index contributed by atoms with van der Waals surface area (Å²) in [5, 5.41) is 0. The molecule has 0 aliphatic rings. The summed E-state index contributed by atoms with van der Waals surface area (Å²) in [4.78, 5) is -1.06. The SMILES string of the molecule is Cc1ccc(OS(=O)(=O)c2cc(F)c(F)cc2F)cc1. The fourth-order valence-corrected chi connectivity index (χ4v) is 2.46. The molecular weight excluding hydrogens is 293 g/mol. The van der Waals surface area contributed by atoms with E-state index in [1.54, 1.807) is 19.1 Å². The molecule has 0 saturated carbocycles. The minimum Gasteiger partial charge on any atom is -0.379 e. The summed E-state index contributed by atoms with van der Waals surface area (Å²) in [6.07, 6.45) is 0. The summed E-state index contributed by atoms with van der Waals surface area (Å²) < 4.78 is 67.5. The van der Waals surface area contributed by atoms with Crippen molar-refractivity contribution in [3.63, 3.8) is 0 Å². The van der Waals surface area contributed by atoms with Gasteiger partial charge in [0.15, 0.2) is 11.6 Å². The van der Waals surface area contributed by atoms with Crippen molar-refractivity contribution in [3.8, 4) is 5.75 Å². The average Bonchev–Trinajstić information content (AvgIpc) is 2.36. The topological polar surface area (TPSA) is 43.4 Å². The molecule has 3 nitrogen and oxygen atoms in total. The van der Waals surface area contributed by atoms with Crippen molar-refractivity contribution in [1.29, 1.82) is 0 Å². The molecule has 0 N–H and O–H groups in total. The second kappa shape index (κ2) is 5.16. The lowest BCUT2D eigenvalue weighted by atomic mass is 10.2. The number of hydrogen-bond donors (Lipinski definition) is 0. The van der Waals surface area contributed by atoms with Crippen molar-refractivity contribution in [2.45, 2.75) is 11.8 Å². The lowest BCUT2D eigenvalue weighted by Gasteiger charge is -2.08. The van der Waals surface area contributed by atoms with Gasteiger partial charge in [-0.1, -0.05) is 17.7 Å². The first-order valence-corrected chi connectivity index (χ1v) is 6.86. The largest absolute Gasteiger partial charge is 0.379 e. The summed E-state index contributed by atoms with van der Waals surface area (Å²) in [7, 11) is -4.58. The van der Waals surface area contributed by atoms with Gasteiger partial charge in [0.2, 0.25) is 0 Å². The molecule has 0 unspecified atom stereocenters. The van der Waals surface area contributed by atoms with Crippen molar-refractivity contribution < 1.29 is 25.8 Å². The van der Waals surface area contributed by atoms with Crippen LogP contribution in [0.2, 0.25) is 0 Å². The maximum Gasteiger partial charge on any atom is 0.342 e. The molecule has 0 fully saturated rings. The first-order chi connectivity index (χ1) is 9.29. The number of hydrogen-bond acceptors (Lipinski definition) is 3. The van der Waals surface area contributed by atoms with Gasteiger partial charge < -0.3 is 4.18 Å². The summed E-state index contributed by atoms with van der Waals surface area (Å²) in [5.41, 5.74) is 0.869. The number of aryl methyl sites for hydroxylation is 1. The molecule has 0 aromatic heterocycles. The normalized spacial score (nSPS) is 11.4. The van der Waals surface area contributed by atoms with E-state index in [9.17, 15) is 21.6 Å². The third-order valence-electron chi connectivity index (χ3n) is 2.47. The van der Waals surface area contributed by atoms with Gasteiger partial charge in [0.25, 0.3) is 0 Å². The van der Waals surface area contributed by atoms with E-state index in [2.05, 4.69) is 4.18 Å². The van der Waals surface area contributed by atoms with Crippen LogP contribution in [0.4, 0.5) is 13.2 Å². The first kappa shape index (κ1) is 14.4. The Morgan fingerprint density at radius 3 is 2.05 bits per heavy atom. The molecule has 20 heavy (non-hydrogen) atoms. The van der Waals surface area contributed by atoms with E-state index in [4.69, 9.17) is 0 Å². The Hall–Kier alpha value is -2.02. The van der Waals surface area contributed by atoms with Gasteiger partial charge in [-0.2, -0.15) is 8.42 Å². The van der Waals surface area contributed by atoms with Crippen LogP contribution < -0.4 is 4.18 Å². The van der Waals surface area contributed by atoms with Crippen molar-refractivity contribution in [2.75, 3.05) is 0 Å². The molecule has 2 aromatic rings. The van der Waals surface area contributed by atoms with Gasteiger partial charge in [-0.05, 0) is 19.1 Å². The van der Waals surface area contributed by atoms with Crippen molar-refractivity contribution in [2.24, 2.45) is 0 Å². The number of halogens is 3. The van der Waals surface area contributed by atoms with E-state index in [0.29, 0.717) is 0 Å². The van der Waals surface area contributed by atoms with Crippen LogP contribution >= 0.6 is 0 Å². The lowest BCUT2D eigenvalue weighted by molar-refractivity contribution is 0.460. The average molecular weight is 302 g/mol. The van der Waals surface area contributed by atoms with Gasteiger partial charge in [-0.3, -0.25) is 0 Å². The molecule has 0 bridgehead atoms. The van der Waals surface area contributed by atoms with Crippen LogP contribution in [0.25, 0.3) is 0 Å². The van der Waals surface area contributed by atoms with E-state index in [1.807, 2.05) is 0 Å². The zero-order valence-corrected chi connectivity index (χ0v) is 11.0. The third-order valence-corrected chi connectivity index (χ3v) is 3.73. The molecule has 0 radical (unpaired) electrons. The molecule has 0 aliphatic carbocycles. The molecule has 0 saturated heterocycles. The zero-order chi connectivity index (χ0) is 14.9. The molecular formula is C13H9F3O3S. The van der Waals surface area contributed by atoms with Crippen LogP contribution in [0.3, 0.4) is 0 Å². The molecule has 106 valence electrons. The van der Waals surface area contributed by atoms with Gasteiger partial charge in [-0.15, -0.1) is 0 Å². The Morgan fingerprint density at radius 1 is 0.900 bits per heavy atom. The van der Waals surface area contributed by atoms with Gasteiger partial charge in [0.1, 0.15) is 16.5 Å². The quantitative estimate of drug-likeness (QED) is 0.646. The van der Waals surface area contributed by atoms with E-state index in [-0.39, 0.29) is 17.9 Å². The minimum atomic E-state index is -4.58. The van der Waals surface area contributed by atoms with Crippen LogP contribution in [-0.2, 0) is 10.1 Å². The zero-order valence-electron chi connectivity index (χ0n) is 10.2. The Morgan fingerprint density at radius 2 is 1.45 bits per heavy atom. The summed E-state index contributed by atoms with van der Waals surface area (Å²) in [5.74, 6) is -4.43. The molecule has 0 atom stereocenters. The second-order valence-electron chi connectivity index (χ2n) is 4.05. The Balaban J connectivity index is 2.40. The standard InChI is InChI=1S/C13H9F3O3S/c1-8-2-4-9(5-3-8)19-20(17,18)13-7-11(15)10(14)6-12(13)16/h2-7H,1H3. The van der Waals surface area contributed by atoms with Crippen LogP contribution in [0.1, 0.15) is 5.56 Å². The Kier molecular flexibility index (Phi) is 3.71. The highest BCUT2D eigenvalue weighted by atomic mass is 32.2. The predicted octanol–water partition coefficient (Wildman–Crippen LogP) is 3.18. The Labute approximate surface area is 113 Å². The maximum absolute atomic E-state index is 13.4. The fourth-order valence-electron chi connectivity index (χ4n) is 1.46. The second-order valence-corrected chi connectivity index (χ2v) is 5.56. The molecule has 2 rings (SSSR count). The summed E-state index contributed by atoms with van der Waals surface area (Å²) in [6, 6.07) is 6.31. The van der Waals surface area contributed by atoms with Crippen LogP contribution in [0, 0.1) is 24.4 Å². The van der Waals surface area contributed by atoms with Gasteiger partial charge in [-0.25, -0.2) is 13.2 Å². The fraction of sp³-hybridized carbons (Fsp3) is 0.0769. The third kappa shape index (κ3) is 2.93. The monoisotopic (exact) mass is 302 g/mol. The van der Waals surface area contributed by atoms with E-state index in [0.717, 1.165) is 5.56 Å². The number of rotatable bonds is 3. The van der Waals surface area contributed by atoms with Crippen molar-refractivity contribution >= 4 is 10.1 Å². The van der Waals surface area contributed by atoms with E-state index in [1.165, 1.54) is 12.1 Å². The lowest BCUT2D eigenvalue weighted by Crippen LogP contribution is -2.12. The summed E-state index contributed by atoms with van der Waals surface area (Å²) >= 11 is 0. The van der Waals surface area contributed by atoms with Gasteiger partial charge >= 0.3 is 10.1 Å². The van der Waals surface area contributed by atoms with Gasteiger partial charge in [0.05, 0.1) is 0 Å². The molecule has 0 amide bonds. The smallest absolute Gasteiger partial charge is 0.342 e. The first-order valence-electron chi connectivity index (χ1n) is 5.45. The van der Waals surface area contributed by atoms with Crippen LogP contribution in [0.5, 0.6) is 5.75 Å². The van der Waals surface area contributed by atoms with E-state index >= 15 is 0 Å². The highest BCUT2D eigenvalue weighted by Gasteiger charge is 2.24. The highest BCUT2D eigenvalue weighted by molar-refractivity contribution is 7.87. The molecule has 0 heterocycles. The highest BCUT2D eigenvalue weighted by Crippen LogP contribution is 2.23. The summed E-state index contributed by atoms with van der Waals surface area (Å²) in [6.45, 7) is 1.79.